The predicted octanol–water partition coefficient (Wildman–Crippen LogP) is 0.373. The highest BCUT2D eigenvalue weighted by molar-refractivity contribution is 5.76. The van der Waals surface area contributed by atoms with E-state index in [1.54, 1.807) is 6.20 Å². The number of hydrogen-bond donors (Lipinski definition) is 2. The van der Waals surface area contributed by atoms with Crippen LogP contribution < -0.4 is 15.5 Å². The van der Waals surface area contributed by atoms with Crippen LogP contribution in [0.25, 0.3) is 0 Å². The summed E-state index contributed by atoms with van der Waals surface area (Å²) < 4.78 is 0. The molecule has 0 aliphatic carbocycles. The Morgan fingerprint density at radius 3 is 2.71 bits per heavy atom. The summed E-state index contributed by atoms with van der Waals surface area (Å²) in [7, 11) is 5.72. The molecule has 0 aliphatic heterocycles. The lowest BCUT2D eigenvalue weighted by atomic mass is 10.2. The first-order valence-electron chi connectivity index (χ1n) is 5.67. The Balaban J connectivity index is 2.39. The van der Waals surface area contributed by atoms with E-state index >= 15 is 0 Å². The van der Waals surface area contributed by atoms with Crippen LogP contribution >= 0.6 is 0 Å². The molecule has 0 atom stereocenters. The van der Waals surface area contributed by atoms with Gasteiger partial charge in [0.2, 0.25) is 5.91 Å². The molecular weight excluding hydrogens is 216 g/mol. The number of aromatic nitrogens is 1. The number of rotatable bonds is 6. The number of anilines is 1. The van der Waals surface area contributed by atoms with E-state index in [1.165, 1.54) is 0 Å². The second-order valence-corrected chi connectivity index (χ2v) is 4.05. The first-order valence-corrected chi connectivity index (χ1v) is 5.67. The van der Waals surface area contributed by atoms with Crippen LogP contribution in [0.5, 0.6) is 0 Å². The smallest absolute Gasteiger partial charge is 0.221 e. The maximum atomic E-state index is 11.4. The normalized spacial score (nSPS) is 10.1. The highest BCUT2D eigenvalue weighted by atomic mass is 16.1. The third-order valence-electron chi connectivity index (χ3n) is 2.36. The molecule has 0 unspecified atom stereocenters. The Morgan fingerprint density at radius 1 is 1.41 bits per heavy atom. The van der Waals surface area contributed by atoms with Gasteiger partial charge in [-0.2, -0.15) is 0 Å². The molecule has 0 saturated carbocycles. The summed E-state index contributed by atoms with van der Waals surface area (Å²) in [5.41, 5.74) is 1.01. The molecule has 2 N–H and O–H groups in total. The monoisotopic (exact) mass is 236 g/mol. The molecule has 0 aliphatic rings. The minimum absolute atomic E-state index is 0.0519. The van der Waals surface area contributed by atoms with Gasteiger partial charge < -0.3 is 15.5 Å². The van der Waals surface area contributed by atoms with E-state index in [2.05, 4.69) is 15.6 Å². The number of hydrogen-bond acceptors (Lipinski definition) is 4. The molecule has 0 bridgehead atoms. The van der Waals surface area contributed by atoms with Gasteiger partial charge in [-0.3, -0.25) is 4.79 Å². The van der Waals surface area contributed by atoms with Crippen molar-refractivity contribution in [2.24, 2.45) is 0 Å². The second-order valence-electron chi connectivity index (χ2n) is 4.05. The lowest BCUT2D eigenvalue weighted by Gasteiger charge is -2.11. The van der Waals surface area contributed by atoms with Gasteiger partial charge in [-0.25, -0.2) is 4.98 Å². The zero-order chi connectivity index (χ0) is 12.7. The van der Waals surface area contributed by atoms with Crippen LogP contribution in [0.4, 0.5) is 5.82 Å². The van der Waals surface area contributed by atoms with Crippen LogP contribution in [0.15, 0.2) is 18.3 Å². The van der Waals surface area contributed by atoms with Crippen molar-refractivity contribution < 1.29 is 4.79 Å². The van der Waals surface area contributed by atoms with Crippen LogP contribution in [0, 0.1) is 0 Å². The summed E-state index contributed by atoms with van der Waals surface area (Å²) in [5, 5.41) is 5.79. The Labute approximate surface area is 102 Å². The fraction of sp³-hybridized carbons (Fsp3) is 0.500. The number of amides is 1. The third-order valence-corrected chi connectivity index (χ3v) is 2.36. The number of pyridine rings is 1. The first-order chi connectivity index (χ1) is 8.13. The molecule has 1 aromatic heterocycles. The van der Waals surface area contributed by atoms with E-state index in [1.807, 2.05) is 38.2 Å². The highest BCUT2D eigenvalue weighted by Gasteiger charge is 2.01. The summed E-state index contributed by atoms with van der Waals surface area (Å²) in [5.74, 6) is 0.964. The van der Waals surface area contributed by atoms with E-state index in [-0.39, 0.29) is 5.91 Å². The Morgan fingerprint density at radius 2 is 2.18 bits per heavy atom. The molecule has 0 saturated heterocycles. The molecule has 0 fully saturated rings. The first kappa shape index (κ1) is 13.4. The molecule has 1 rings (SSSR count). The van der Waals surface area contributed by atoms with Gasteiger partial charge in [0.25, 0.3) is 0 Å². The minimum Gasteiger partial charge on any atom is -0.363 e. The molecule has 0 aromatic carbocycles. The lowest BCUT2D eigenvalue weighted by Crippen LogP contribution is -2.26. The van der Waals surface area contributed by atoms with Crippen molar-refractivity contribution in [3.05, 3.63) is 23.9 Å². The van der Waals surface area contributed by atoms with Crippen molar-refractivity contribution in [3.8, 4) is 0 Å². The van der Waals surface area contributed by atoms with Crippen LogP contribution in [-0.2, 0) is 11.3 Å². The summed E-state index contributed by atoms with van der Waals surface area (Å²) in [6.45, 7) is 1.23. The Hall–Kier alpha value is -1.62. The summed E-state index contributed by atoms with van der Waals surface area (Å²) in [6, 6.07) is 3.91. The van der Waals surface area contributed by atoms with E-state index in [4.69, 9.17) is 0 Å². The number of carbonyl (C=O) groups excluding carboxylic acids is 1. The Kier molecular flexibility index (Phi) is 5.42. The van der Waals surface area contributed by atoms with Gasteiger partial charge in [0.1, 0.15) is 5.82 Å². The lowest BCUT2D eigenvalue weighted by molar-refractivity contribution is -0.121. The van der Waals surface area contributed by atoms with Crippen LogP contribution in [-0.4, -0.2) is 38.6 Å². The molecule has 1 aromatic rings. The molecule has 5 heteroatoms. The summed E-state index contributed by atoms with van der Waals surface area (Å²) in [4.78, 5) is 17.6. The highest BCUT2D eigenvalue weighted by Crippen LogP contribution is 2.07. The van der Waals surface area contributed by atoms with E-state index in [9.17, 15) is 4.79 Å². The van der Waals surface area contributed by atoms with Gasteiger partial charge in [-0.15, -0.1) is 0 Å². The fourth-order valence-corrected chi connectivity index (χ4v) is 1.31. The van der Waals surface area contributed by atoms with E-state index < -0.39 is 0 Å². The second kappa shape index (κ2) is 6.85. The van der Waals surface area contributed by atoms with Gasteiger partial charge in [-0.1, -0.05) is 6.07 Å². The van der Waals surface area contributed by atoms with E-state index in [0.29, 0.717) is 19.5 Å². The van der Waals surface area contributed by atoms with Crippen molar-refractivity contribution >= 4 is 11.7 Å². The number of nitrogens with zero attached hydrogens (tertiary/aromatic N) is 2. The summed E-state index contributed by atoms with van der Waals surface area (Å²) >= 11 is 0. The molecule has 94 valence electrons. The zero-order valence-electron chi connectivity index (χ0n) is 10.7. The average Bonchev–Trinajstić information content (AvgIpc) is 2.34. The van der Waals surface area contributed by atoms with Gasteiger partial charge >= 0.3 is 0 Å². The van der Waals surface area contributed by atoms with Crippen LogP contribution in [0.1, 0.15) is 12.0 Å². The molecule has 1 heterocycles. The largest absolute Gasteiger partial charge is 0.363 e. The fourth-order valence-electron chi connectivity index (χ4n) is 1.31. The SMILES string of the molecule is CNCCC(=O)NCc1ccc(N(C)C)nc1. The molecule has 17 heavy (non-hydrogen) atoms. The van der Waals surface area contributed by atoms with E-state index in [0.717, 1.165) is 11.4 Å². The predicted molar refractivity (Wildman–Crippen MR) is 69.0 cm³/mol. The van der Waals surface area contributed by atoms with Crippen molar-refractivity contribution in [1.82, 2.24) is 15.6 Å². The summed E-state index contributed by atoms with van der Waals surface area (Å²) in [6.07, 6.45) is 2.29. The number of carbonyl (C=O) groups is 1. The molecule has 0 radical (unpaired) electrons. The van der Waals surface area contributed by atoms with Crippen LogP contribution in [0.3, 0.4) is 0 Å². The van der Waals surface area contributed by atoms with Crippen LogP contribution in [0.2, 0.25) is 0 Å². The van der Waals surface area contributed by atoms with Crippen molar-refractivity contribution in [2.45, 2.75) is 13.0 Å². The topological polar surface area (TPSA) is 57.3 Å². The van der Waals surface area contributed by atoms with Gasteiger partial charge in [0, 0.05) is 39.8 Å². The van der Waals surface area contributed by atoms with Crippen molar-refractivity contribution in [3.63, 3.8) is 0 Å². The molecular formula is C12H20N4O. The minimum atomic E-state index is 0.0519. The molecule has 1 amide bonds. The van der Waals surface area contributed by atoms with Gasteiger partial charge in [0.05, 0.1) is 0 Å². The van der Waals surface area contributed by atoms with Gasteiger partial charge in [0.15, 0.2) is 0 Å². The molecule has 5 nitrogen and oxygen atoms in total. The maximum absolute atomic E-state index is 11.4. The zero-order valence-corrected chi connectivity index (χ0v) is 10.7. The third kappa shape index (κ3) is 4.82. The van der Waals surface area contributed by atoms with Crippen molar-refractivity contribution in [1.29, 1.82) is 0 Å². The number of nitrogens with one attached hydrogen (secondary N) is 2. The Bertz CT molecular complexity index is 348. The average molecular weight is 236 g/mol. The standard InChI is InChI=1S/C12H20N4O/c1-13-7-6-12(17)15-9-10-4-5-11(14-8-10)16(2)3/h4-5,8,13H,6-7,9H2,1-3H3,(H,15,17). The van der Waals surface area contributed by atoms with Gasteiger partial charge in [-0.05, 0) is 18.7 Å². The molecule has 0 spiro atoms. The van der Waals surface area contributed by atoms with Crippen molar-refractivity contribution in [2.75, 3.05) is 32.6 Å². The maximum Gasteiger partial charge on any atom is 0.221 e. The quantitative estimate of drug-likeness (QED) is 0.749.